The first kappa shape index (κ1) is 43.2. The molecule has 0 unspecified atom stereocenters. The van der Waals surface area contributed by atoms with E-state index in [1.807, 2.05) is 158 Å². The molecule has 0 aromatic heterocycles. The fraction of sp³-hybridized carbons (Fsp3) is 0. The minimum atomic E-state index is 0.316. The molecule has 0 radical (unpaired) electrons. The molecule has 10 aromatic rings. The van der Waals surface area contributed by atoms with Gasteiger partial charge in [0.15, 0.2) is 0 Å². The molecule has 0 spiro atoms. The van der Waals surface area contributed by atoms with E-state index in [1.165, 1.54) is 6.21 Å². The van der Waals surface area contributed by atoms with Crippen LogP contribution < -0.4 is 14.7 Å². The quantitative estimate of drug-likeness (QED) is 0.117. The van der Waals surface area contributed by atoms with Crippen LogP contribution in [0.2, 0.25) is 0 Å². The Bertz CT molecular complexity index is 3140. The van der Waals surface area contributed by atoms with Crippen molar-refractivity contribution in [3.05, 3.63) is 271 Å². The highest BCUT2D eigenvalue weighted by Crippen LogP contribution is 2.46. The molecule has 0 heterocycles. The van der Waals surface area contributed by atoms with Crippen molar-refractivity contribution in [1.29, 1.82) is 15.9 Å². The summed E-state index contributed by atoms with van der Waals surface area (Å²) < 4.78 is 0. The predicted molar refractivity (Wildman–Crippen MR) is 284 cm³/mol. The van der Waals surface area contributed by atoms with E-state index in [0.717, 1.165) is 62.3 Å². The highest BCUT2D eigenvalue weighted by Gasteiger charge is 2.27. The molecular weight excluding hydrogens is 841 g/mol. The summed E-state index contributed by atoms with van der Waals surface area (Å²) in [4.78, 5) is 6.56. The van der Waals surface area contributed by atoms with Gasteiger partial charge in [-0.15, -0.1) is 0 Å². The van der Waals surface area contributed by atoms with Crippen LogP contribution in [0.15, 0.2) is 255 Å². The van der Waals surface area contributed by atoms with Crippen molar-refractivity contribution in [2.24, 2.45) is 0 Å². The van der Waals surface area contributed by atoms with Crippen LogP contribution in [0.4, 0.5) is 51.2 Å². The third kappa shape index (κ3) is 8.62. The summed E-state index contributed by atoms with van der Waals surface area (Å²) in [7, 11) is 0. The maximum Gasteiger partial charge on any atom is 0.100 e. The maximum absolute atomic E-state index is 11.4. The lowest BCUT2D eigenvalue weighted by Crippen LogP contribution is -2.10. The first-order chi connectivity index (χ1) is 34.1. The van der Waals surface area contributed by atoms with Gasteiger partial charge in [0, 0.05) is 79.7 Å². The minimum Gasteiger partial charge on any atom is -0.311 e. The van der Waals surface area contributed by atoms with Crippen LogP contribution in [0.1, 0.15) is 16.7 Å². The zero-order valence-corrected chi connectivity index (χ0v) is 37.6. The van der Waals surface area contributed by atoms with E-state index in [4.69, 9.17) is 5.41 Å². The van der Waals surface area contributed by atoms with Gasteiger partial charge in [0.25, 0.3) is 0 Å². The molecule has 6 nitrogen and oxygen atoms in total. The lowest BCUT2D eigenvalue weighted by molar-refractivity contribution is 1.28. The smallest absolute Gasteiger partial charge is 0.100 e. The summed E-state index contributed by atoms with van der Waals surface area (Å²) >= 11 is 0. The summed E-state index contributed by atoms with van der Waals surface area (Å²) in [5.41, 5.74) is 13.7. The zero-order chi connectivity index (χ0) is 46.9. The molecule has 0 saturated carbocycles. The number of hydrogen-bond acceptors (Lipinski definition) is 6. The molecule has 0 aliphatic rings. The van der Waals surface area contributed by atoms with Crippen LogP contribution in [0, 0.1) is 28.1 Å². The van der Waals surface area contributed by atoms with Crippen LogP contribution in [0.5, 0.6) is 0 Å². The predicted octanol–water partition coefficient (Wildman–Crippen LogP) is 16.8. The molecule has 10 rings (SSSR count). The highest BCUT2D eigenvalue weighted by atomic mass is 15.2. The molecular formula is C63H44N6. The van der Waals surface area contributed by atoms with Gasteiger partial charge in [-0.25, -0.2) is 0 Å². The van der Waals surface area contributed by atoms with Crippen LogP contribution >= 0.6 is 0 Å². The zero-order valence-electron chi connectivity index (χ0n) is 37.6. The lowest BCUT2D eigenvalue weighted by atomic mass is 9.80. The van der Waals surface area contributed by atoms with Crippen LogP contribution in [-0.4, -0.2) is 6.21 Å². The lowest BCUT2D eigenvalue weighted by Gasteiger charge is -2.27. The van der Waals surface area contributed by atoms with E-state index in [-0.39, 0.29) is 0 Å². The normalized spacial score (nSPS) is 10.6. The van der Waals surface area contributed by atoms with E-state index in [2.05, 4.69) is 124 Å². The van der Waals surface area contributed by atoms with Crippen LogP contribution in [-0.2, 0) is 0 Å². The molecule has 69 heavy (non-hydrogen) atoms. The SMILES string of the molecule is N#Cc1c(-c2ccc(N(c3ccccc3)c3ccccc3)cc2)c(C#N)c(-c2ccc(N(c3ccccc3)c3ccccc3)cc2)c(C=N)c1-c1ccc(N(c2ccccc2)c2ccccc2)cc1. The van der Waals surface area contributed by atoms with Crippen molar-refractivity contribution < 1.29 is 0 Å². The number of para-hydroxylation sites is 6. The van der Waals surface area contributed by atoms with E-state index in [1.54, 1.807) is 0 Å². The van der Waals surface area contributed by atoms with Gasteiger partial charge in [0.2, 0.25) is 0 Å². The Morgan fingerprint density at radius 2 is 0.478 bits per heavy atom. The van der Waals surface area contributed by atoms with Gasteiger partial charge in [0.05, 0.1) is 11.1 Å². The molecule has 6 heteroatoms. The Hall–Kier alpha value is -9.75. The first-order valence-corrected chi connectivity index (χ1v) is 22.7. The number of nitrogens with zero attached hydrogens (tertiary/aromatic N) is 5. The summed E-state index contributed by atoms with van der Waals surface area (Å²) in [5, 5.41) is 31.8. The molecule has 0 amide bonds. The Morgan fingerprint density at radius 1 is 0.275 bits per heavy atom. The number of hydrogen-bond donors (Lipinski definition) is 1. The first-order valence-electron chi connectivity index (χ1n) is 22.7. The van der Waals surface area contributed by atoms with Gasteiger partial charge in [-0.05, 0) is 126 Å². The fourth-order valence-electron chi connectivity index (χ4n) is 9.16. The second kappa shape index (κ2) is 19.8. The van der Waals surface area contributed by atoms with Gasteiger partial charge in [-0.1, -0.05) is 146 Å². The monoisotopic (exact) mass is 884 g/mol. The van der Waals surface area contributed by atoms with E-state index < -0.39 is 0 Å². The number of benzene rings is 10. The van der Waals surface area contributed by atoms with Crippen molar-refractivity contribution in [3.63, 3.8) is 0 Å². The third-order valence-electron chi connectivity index (χ3n) is 12.2. The molecule has 326 valence electrons. The largest absolute Gasteiger partial charge is 0.311 e. The summed E-state index contributed by atoms with van der Waals surface area (Å²) in [6.45, 7) is 0. The van der Waals surface area contributed by atoms with Crippen molar-refractivity contribution >= 4 is 57.4 Å². The standard InChI is InChI=1S/C63H44N6/c64-43-58-61(46-31-37-55(38-32-46)67(49-19-7-1-8-20-49)50-21-9-2-10-22-50)59(44-65)63(48-35-41-57(42-36-48)69(53-27-15-5-16-28-53)54-29-17-6-18-30-54)60(45-66)62(58)47-33-39-56(40-34-47)68(51-23-11-3-12-24-51)52-25-13-4-14-26-52/h1-43,64H. The number of rotatable bonds is 13. The van der Waals surface area contributed by atoms with E-state index >= 15 is 0 Å². The number of nitrogens with one attached hydrogen (secondary N) is 1. The number of nitriles is 2. The Morgan fingerprint density at radius 3 is 0.681 bits per heavy atom. The Labute approximate surface area is 403 Å². The maximum atomic E-state index is 11.4. The fourth-order valence-corrected chi connectivity index (χ4v) is 9.16. The van der Waals surface area contributed by atoms with Crippen LogP contribution in [0.25, 0.3) is 33.4 Å². The highest BCUT2D eigenvalue weighted by molar-refractivity contribution is 6.06. The van der Waals surface area contributed by atoms with Gasteiger partial charge < -0.3 is 20.1 Å². The van der Waals surface area contributed by atoms with Crippen molar-refractivity contribution in [3.8, 4) is 45.5 Å². The summed E-state index contributed by atoms with van der Waals surface area (Å²) in [6.07, 6.45) is 1.29. The molecule has 0 aliphatic heterocycles. The van der Waals surface area contributed by atoms with E-state index in [9.17, 15) is 10.5 Å². The molecule has 0 aliphatic carbocycles. The Balaban J connectivity index is 1.17. The van der Waals surface area contributed by atoms with Crippen LogP contribution in [0.3, 0.4) is 0 Å². The topological polar surface area (TPSA) is 81.1 Å². The molecule has 0 fully saturated rings. The molecule has 0 atom stereocenters. The van der Waals surface area contributed by atoms with E-state index in [0.29, 0.717) is 38.9 Å². The van der Waals surface area contributed by atoms with Gasteiger partial charge in [-0.2, -0.15) is 10.5 Å². The third-order valence-corrected chi connectivity index (χ3v) is 12.2. The summed E-state index contributed by atoms with van der Waals surface area (Å²) in [5.74, 6) is 0. The van der Waals surface area contributed by atoms with Gasteiger partial charge >= 0.3 is 0 Å². The van der Waals surface area contributed by atoms with Gasteiger partial charge in [-0.3, -0.25) is 0 Å². The summed E-state index contributed by atoms with van der Waals surface area (Å²) in [6, 6.07) is 90.6. The van der Waals surface area contributed by atoms with Crippen molar-refractivity contribution in [2.45, 2.75) is 0 Å². The second-order valence-corrected chi connectivity index (χ2v) is 16.3. The second-order valence-electron chi connectivity index (χ2n) is 16.3. The van der Waals surface area contributed by atoms with Gasteiger partial charge in [0.1, 0.15) is 12.1 Å². The number of anilines is 9. The molecule has 10 aromatic carbocycles. The average molecular weight is 885 g/mol. The van der Waals surface area contributed by atoms with Crippen molar-refractivity contribution in [1.82, 2.24) is 0 Å². The average Bonchev–Trinajstić information content (AvgIpc) is 3.43. The molecule has 1 N–H and O–H groups in total. The molecule has 0 bridgehead atoms. The minimum absolute atomic E-state index is 0.316. The van der Waals surface area contributed by atoms with Crippen molar-refractivity contribution in [2.75, 3.05) is 14.7 Å². The Kier molecular flexibility index (Phi) is 12.4. The molecule has 0 saturated heterocycles.